The molecular formula is C27H25FN2O4S. The minimum Gasteiger partial charge on any atom is -0.487 e. The lowest BCUT2D eigenvalue weighted by atomic mass is 10.1. The Morgan fingerprint density at radius 1 is 0.914 bits per heavy atom. The first kappa shape index (κ1) is 23.1. The quantitative estimate of drug-likeness (QED) is 0.423. The number of aromatic nitrogens is 1. The largest absolute Gasteiger partial charge is 0.487 e. The second kappa shape index (κ2) is 9.54. The van der Waals surface area contributed by atoms with Crippen molar-refractivity contribution in [2.45, 2.75) is 29.6 Å². The summed E-state index contributed by atoms with van der Waals surface area (Å²) < 4.78 is 46.5. The van der Waals surface area contributed by atoms with Gasteiger partial charge >= 0.3 is 0 Å². The number of piperidine rings is 1. The topological polar surface area (TPSA) is 79.5 Å². The van der Waals surface area contributed by atoms with E-state index in [9.17, 15) is 17.6 Å². The van der Waals surface area contributed by atoms with E-state index in [2.05, 4.69) is 9.88 Å². The average Bonchev–Trinajstić information content (AvgIpc) is 2.88. The highest BCUT2D eigenvalue weighted by atomic mass is 32.2. The molecule has 5 rings (SSSR count). The van der Waals surface area contributed by atoms with Gasteiger partial charge in [-0.2, -0.15) is 0 Å². The van der Waals surface area contributed by atoms with Crippen LogP contribution in [0.3, 0.4) is 0 Å². The van der Waals surface area contributed by atoms with Crippen LogP contribution >= 0.6 is 0 Å². The minimum absolute atomic E-state index is 0.191. The van der Waals surface area contributed by atoms with Gasteiger partial charge in [-0.3, -0.25) is 4.79 Å². The predicted octanol–water partition coefficient (Wildman–Crippen LogP) is 4.69. The number of nitrogens with one attached hydrogen (secondary N) is 1. The maximum absolute atomic E-state index is 13.7. The number of benzene rings is 3. The Morgan fingerprint density at radius 2 is 1.63 bits per heavy atom. The number of rotatable bonds is 6. The number of nitrogens with zero attached hydrogens (tertiary/aromatic N) is 1. The molecule has 2 heterocycles. The summed E-state index contributed by atoms with van der Waals surface area (Å²) in [5.41, 5.74) is 1.89. The zero-order valence-electron chi connectivity index (χ0n) is 19.0. The second-order valence-corrected chi connectivity index (χ2v) is 10.9. The minimum atomic E-state index is -3.66. The van der Waals surface area contributed by atoms with E-state index in [-0.39, 0.29) is 16.3 Å². The summed E-state index contributed by atoms with van der Waals surface area (Å²) in [6.45, 7) is 1.41. The number of hydrogen-bond donors (Lipinski definition) is 1. The van der Waals surface area contributed by atoms with E-state index >= 15 is 0 Å². The summed E-state index contributed by atoms with van der Waals surface area (Å²) in [4.78, 5) is 17.1. The smallest absolute Gasteiger partial charge is 0.248 e. The summed E-state index contributed by atoms with van der Waals surface area (Å²) in [5.74, 6) is 0.124. The number of anilines is 1. The molecule has 8 heteroatoms. The molecule has 3 aromatic carbocycles. The van der Waals surface area contributed by atoms with Gasteiger partial charge in [0.15, 0.2) is 9.84 Å². The van der Waals surface area contributed by atoms with Crippen LogP contribution in [0.15, 0.2) is 88.6 Å². The van der Waals surface area contributed by atoms with Crippen LogP contribution in [0.2, 0.25) is 0 Å². The molecule has 6 nitrogen and oxygen atoms in total. The molecule has 1 aromatic heterocycles. The maximum Gasteiger partial charge on any atom is 0.248 e. The van der Waals surface area contributed by atoms with Crippen LogP contribution in [0.25, 0.3) is 10.9 Å². The van der Waals surface area contributed by atoms with Crippen molar-refractivity contribution in [3.8, 4) is 5.75 Å². The summed E-state index contributed by atoms with van der Waals surface area (Å²) in [5, 5.41) is -0.110. The van der Waals surface area contributed by atoms with Crippen molar-refractivity contribution in [3.05, 3.63) is 101 Å². The molecule has 35 heavy (non-hydrogen) atoms. The van der Waals surface area contributed by atoms with E-state index in [4.69, 9.17) is 4.74 Å². The number of sulfone groups is 1. The molecule has 1 saturated heterocycles. The molecule has 1 aliphatic rings. The highest BCUT2D eigenvalue weighted by Gasteiger charge is 2.33. The van der Waals surface area contributed by atoms with E-state index in [1.165, 1.54) is 18.2 Å². The molecule has 0 radical (unpaired) electrons. The van der Waals surface area contributed by atoms with Crippen LogP contribution < -0.4 is 15.2 Å². The van der Waals surface area contributed by atoms with E-state index < -0.39 is 15.1 Å². The third-order valence-electron chi connectivity index (χ3n) is 6.43. The number of hydrogen-bond acceptors (Lipinski definition) is 5. The zero-order valence-corrected chi connectivity index (χ0v) is 19.8. The van der Waals surface area contributed by atoms with Crippen molar-refractivity contribution in [3.63, 3.8) is 0 Å². The Morgan fingerprint density at radius 3 is 2.34 bits per heavy atom. The normalized spacial score (nSPS) is 14.8. The number of H-pyrrole nitrogens is 1. The van der Waals surface area contributed by atoms with Crippen molar-refractivity contribution >= 4 is 26.4 Å². The molecule has 0 atom stereocenters. The van der Waals surface area contributed by atoms with E-state index in [1.807, 2.05) is 30.3 Å². The van der Waals surface area contributed by atoms with Crippen LogP contribution in [0, 0.1) is 5.82 Å². The van der Waals surface area contributed by atoms with Crippen LogP contribution in [0.1, 0.15) is 18.4 Å². The number of fused-ring (bicyclic) bond motifs is 1. The summed E-state index contributed by atoms with van der Waals surface area (Å²) in [6.07, 6.45) is 0.910. The molecule has 1 N–H and O–H groups in total. The standard InChI is InChI=1S/C27H25FN2O4S/c28-20-6-8-21(9-7-20)30-16-14-22(15-17-30)35(32,33)25-12-11-24(27-23(25)10-13-26(31)29-27)34-18-19-4-2-1-3-5-19/h1-13,22H,14-18H2,(H,29,31). The third kappa shape index (κ3) is 4.79. The van der Waals surface area contributed by atoms with Crippen molar-refractivity contribution in [2.75, 3.05) is 18.0 Å². The highest BCUT2D eigenvalue weighted by Crippen LogP contribution is 2.34. The lowest BCUT2D eigenvalue weighted by Gasteiger charge is -2.33. The van der Waals surface area contributed by atoms with Crippen LogP contribution in [0.5, 0.6) is 5.75 Å². The molecule has 1 aliphatic heterocycles. The Labute approximate surface area is 202 Å². The summed E-state index contributed by atoms with van der Waals surface area (Å²) >= 11 is 0. The van der Waals surface area contributed by atoms with Gasteiger partial charge in [-0.25, -0.2) is 12.8 Å². The van der Waals surface area contributed by atoms with Crippen LogP contribution in [-0.4, -0.2) is 31.7 Å². The first-order valence-corrected chi connectivity index (χ1v) is 13.0. The van der Waals surface area contributed by atoms with Crippen LogP contribution in [0.4, 0.5) is 10.1 Å². The van der Waals surface area contributed by atoms with E-state index in [0.717, 1.165) is 11.3 Å². The van der Waals surface area contributed by atoms with Gasteiger partial charge < -0.3 is 14.6 Å². The van der Waals surface area contributed by atoms with Gasteiger partial charge in [-0.05, 0) is 60.9 Å². The van der Waals surface area contributed by atoms with E-state index in [1.54, 1.807) is 30.3 Å². The lowest BCUT2D eigenvalue weighted by molar-refractivity contribution is 0.309. The summed E-state index contributed by atoms with van der Waals surface area (Å²) in [7, 11) is -3.66. The Balaban J connectivity index is 1.41. The summed E-state index contributed by atoms with van der Waals surface area (Å²) in [6, 6.07) is 21.9. The van der Waals surface area contributed by atoms with Crippen molar-refractivity contribution < 1.29 is 17.5 Å². The molecule has 0 amide bonds. The monoisotopic (exact) mass is 492 g/mol. The van der Waals surface area contributed by atoms with Crippen molar-refractivity contribution in [1.29, 1.82) is 0 Å². The molecule has 180 valence electrons. The average molecular weight is 493 g/mol. The van der Waals surface area contributed by atoms with Gasteiger partial charge in [0.05, 0.1) is 15.7 Å². The fourth-order valence-corrected chi connectivity index (χ4v) is 6.48. The zero-order chi connectivity index (χ0) is 24.4. The number of pyridine rings is 1. The molecule has 0 bridgehead atoms. The van der Waals surface area contributed by atoms with Gasteiger partial charge in [0.2, 0.25) is 5.56 Å². The number of ether oxygens (including phenoxy) is 1. The van der Waals surface area contributed by atoms with Gasteiger partial charge in [-0.1, -0.05) is 30.3 Å². The maximum atomic E-state index is 13.7. The van der Waals surface area contributed by atoms with Crippen LogP contribution in [-0.2, 0) is 16.4 Å². The fraction of sp³-hybridized carbons (Fsp3) is 0.222. The Kier molecular flexibility index (Phi) is 6.30. The second-order valence-electron chi connectivity index (χ2n) is 8.66. The molecule has 4 aromatic rings. The van der Waals surface area contributed by atoms with Crippen molar-refractivity contribution in [1.82, 2.24) is 4.98 Å². The van der Waals surface area contributed by atoms with E-state index in [0.29, 0.717) is 49.2 Å². The Bertz CT molecular complexity index is 1490. The molecule has 0 spiro atoms. The van der Waals surface area contributed by atoms with Crippen molar-refractivity contribution in [2.24, 2.45) is 0 Å². The molecular weight excluding hydrogens is 467 g/mol. The third-order valence-corrected chi connectivity index (χ3v) is 8.75. The lowest BCUT2D eigenvalue weighted by Crippen LogP contribution is -2.39. The predicted molar refractivity (Wildman–Crippen MR) is 134 cm³/mol. The fourth-order valence-electron chi connectivity index (χ4n) is 4.56. The molecule has 1 fully saturated rings. The van der Waals surface area contributed by atoms with Gasteiger partial charge in [0.25, 0.3) is 0 Å². The SMILES string of the molecule is O=c1ccc2c(S(=O)(=O)C3CCN(c4ccc(F)cc4)CC3)ccc(OCc3ccccc3)c2[nH]1. The molecule has 0 aliphatic carbocycles. The molecule has 0 unspecified atom stereocenters. The number of aromatic amines is 1. The molecule has 0 saturated carbocycles. The highest BCUT2D eigenvalue weighted by molar-refractivity contribution is 7.92. The first-order valence-electron chi connectivity index (χ1n) is 11.5. The van der Waals surface area contributed by atoms with Gasteiger partial charge in [0.1, 0.15) is 18.2 Å². The number of halogens is 1. The first-order chi connectivity index (χ1) is 16.9. The Hall–Kier alpha value is -3.65. The van der Waals surface area contributed by atoms with Gasteiger partial charge in [-0.15, -0.1) is 0 Å². The van der Waals surface area contributed by atoms with Gasteiger partial charge in [0, 0.05) is 30.2 Å².